The second-order valence-electron chi connectivity index (χ2n) is 7.96. The quantitative estimate of drug-likeness (QED) is 0.849. The van der Waals surface area contributed by atoms with Crippen molar-refractivity contribution in [2.75, 3.05) is 19.6 Å². The minimum atomic E-state index is -0.339. The smallest absolute Gasteiger partial charge is 0.230 e. The van der Waals surface area contributed by atoms with Crippen LogP contribution in [0.4, 0.5) is 0 Å². The van der Waals surface area contributed by atoms with Crippen LogP contribution in [0.2, 0.25) is 0 Å². The third kappa shape index (κ3) is 3.16. The summed E-state index contributed by atoms with van der Waals surface area (Å²) >= 11 is 0. The van der Waals surface area contributed by atoms with E-state index in [4.69, 9.17) is 0 Å². The topological polar surface area (TPSA) is 53.5 Å². The fourth-order valence-corrected chi connectivity index (χ4v) is 4.89. The number of pyridine rings is 1. The molecule has 3 heterocycles. The van der Waals surface area contributed by atoms with Crippen LogP contribution in [0.5, 0.6) is 0 Å². The molecule has 0 unspecified atom stereocenters. The van der Waals surface area contributed by atoms with Gasteiger partial charge in [0.05, 0.1) is 5.41 Å². The summed E-state index contributed by atoms with van der Waals surface area (Å²) < 4.78 is 0. The molecule has 0 bridgehead atoms. The minimum absolute atomic E-state index is 0.209. The summed E-state index contributed by atoms with van der Waals surface area (Å²) in [6, 6.07) is 3.93. The van der Waals surface area contributed by atoms with Gasteiger partial charge in [0.2, 0.25) is 11.8 Å². The van der Waals surface area contributed by atoms with E-state index in [1.54, 1.807) is 6.20 Å². The van der Waals surface area contributed by atoms with Crippen molar-refractivity contribution in [3.8, 4) is 0 Å². The van der Waals surface area contributed by atoms with E-state index < -0.39 is 0 Å². The van der Waals surface area contributed by atoms with Gasteiger partial charge in [-0.25, -0.2) is 0 Å². The summed E-state index contributed by atoms with van der Waals surface area (Å²) in [5, 5.41) is 0. The van der Waals surface area contributed by atoms with E-state index in [-0.39, 0.29) is 17.2 Å². The summed E-state index contributed by atoms with van der Waals surface area (Å²) in [4.78, 5) is 34.1. The summed E-state index contributed by atoms with van der Waals surface area (Å²) in [6.07, 6.45) is 10.8. The van der Waals surface area contributed by atoms with E-state index in [0.29, 0.717) is 19.0 Å². The lowest BCUT2D eigenvalue weighted by Crippen LogP contribution is -2.50. The molecule has 134 valence electrons. The van der Waals surface area contributed by atoms with Crippen LogP contribution in [0.25, 0.3) is 0 Å². The number of likely N-dealkylation sites (tertiary alicyclic amines) is 2. The first-order valence-corrected chi connectivity index (χ1v) is 9.65. The van der Waals surface area contributed by atoms with Crippen LogP contribution >= 0.6 is 0 Å². The molecule has 1 atom stereocenters. The standard InChI is InChI=1S/C20H27N3O2/c24-18(17-6-1-2-7-17)23-12-9-20(15-23)8-4-11-22(19(20)25)14-16-5-3-10-21-13-16/h3,5,10,13,17H,1-2,4,6-9,11-12,14-15H2/t20-/m0/s1. The van der Waals surface area contributed by atoms with Crippen molar-refractivity contribution < 1.29 is 9.59 Å². The van der Waals surface area contributed by atoms with Crippen molar-refractivity contribution in [3.63, 3.8) is 0 Å². The number of hydrogen-bond acceptors (Lipinski definition) is 3. The van der Waals surface area contributed by atoms with Crippen molar-refractivity contribution in [1.29, 1.82) is 0 Å². The van der Waals surface area contributed by atoms with Crippen LogP contribution in [-0.2, 0) is 16.1 Å². The van der Waals surface area contributed by atoms with E-state index in [1.165, 1.54) is 12.8 Å². The molecule has 0 N–H and O–H groups in total. The van der Waals surface area contributed by atoms with Gasteiger partial charge in [0, 0.05) is 44.5 Å². The van der Waals surface area contributed by atoms with Crippen LogP contribution in [0.15, 0.2) is 24.5 Å². The largest absolute Gasteiger partial charge is 0.341 e. The van der Waals surface area contributed by atoms with Gasteiger partial charge in [0.1, 0.15) is 0 Å². The molecule has 0 aromatic carbocycles. The Morgan fingerprint density at radius 3 is 2.80 bits per heavy atom. The molecule has 25 heavy (non-hydrogen) atoms. The Labute approximate surface area is 149 Å². The van der Waals surface area contributed by atoms with Crippen molar-refractivity contribution in [2.45, 2.75) is 51.5 Å². The number of rotatable bonds is 3. The summed E-state index contributed by atoms with van der Waals surface area (Å²) in [5.74, 6) is 0.747. The molecule has 2 aliphatic heterocycles. The predicted molar refractivity (Wildman–Crippen MR) is 94.5 cm³/mol. The number of carbonyl (C=O) groups is 2. The van der Waals surface area contributed by atoms with Crippen molar-refractivity contribution in [2.24, 2.45) is 11.3 Å². The van der Waals surface area contributed by atoms with Gasteiger partial charge in [-0.05, 0) is 43.7 Å². The van der Waals surface area contributed by atoms with Crippen LogP contribution < -0.4 is 0 Å². The van der Waals surface area contributed by atoms with Crippen molar-refractivity contribution in [1.82, 2.24) is 14.8 Å². The lowest BCUT2D eigenvalue weighted by Gasteiger charge is -2.39. The Kier molecular flexibility index (Phi) is 4.48. The molecule has 3 fully saturated rings. The van der Waals surface area contributed by atoms with Crippen molar-refractivity contribution in [3.05, 3.63) is 30.1 Å². The molecular formula is C20H27N3O2. The molecule has 5 nitrogen and oxygen atoms in total. The zero-order valence-electron chi connectivity index (χ0n) is 14.8. The molecule has 1 saturated carbocycles. The highest BCUT2D eigenvalue weighted by molar-refractivity contribution is 5.86. The van der Waals surface area contributed by atoms with E-state index in [1.807, 2.05) is 28.1 Å². The predicted octanol–water partition coefficient (Wildman–Crippen LogP) is 2.61. The lowest BCUT2D eigenvalue weighted by molar-refractivity contribution is -0.147. The third-order valence-corrected chi connectivity index (χ3v) is 6.29. The van der Waals surface area contributed by atoms with Gasteiger partial charge < -0.3 is 9.80 Å². The van der Waals surface area contributed by atoms with E-state index in [0.717, 1.165) is 50.8 Å². The first-order valence-electron chi connectivity index (χ1n) is 9.65. The molecule has 0 radical (unpaired) electrons. The molecule has 1 aliphatic carbocycles. The number of piperidine rings is 1. The highest BCUT2D eigenvalue weighted by Crippen LogP contribution is 2.41. The maximum atomic E-state index is 13.2. The van der Waals surface area contributed by atoms with Crippen LogP contribution in [0.1, 0.15) is 50.5 Å². The maximum Gasteiger partial charge on any atom is 0.230 e. The SMILES string of the molecule is O=C(C1CCCC1)N1CC[C@@]2(CCCN(Cc3cccnc3)C2=O)C1. The molecule has 5 heteroatoms. The fourth-order valence-electron chi connectivity index (χ4n) is 4.89. The molecule has 1 aromatic heterocycles. The first-order chi connectivity index (χ1) is 12.2. The van der Waals surface area contributed by atoms with E-state index in [2.05, 4.69) is 4.98 Å². The van der Waals surface area contributed by atoms with Gasteiger partial charge in [-0.2, -0.15) is 0 Å². The highest BCUT2D eigenvalue weighted by atomic mass is 16.2. The van der Waals surface area contributed by atoms with Crippen molar-refractivity contribution >= 4 is 11.8 Å². The first kappa shape index (κ1) is 16.6. The number of hydrogen-bond donors (Lipinski definition) is 0. The highest BCUT2D eigenvalue weighted by Gasteiger charge is 2.49. The zero-order chi connectivity index (χ0) is 17.3. The normalized spacial score (nSPS) is 27.4. The Balaban J connectivity index is 1.44. The third-order valence-electron chi connectivity index (χ3n) is 6.29. The Hall–Kier alpha value is -1.91. The molecular weight excluding hydrogens is 314 g/mol. The Bertz CT molecular complexity index is 642. The summed E-state index contributed by atoms with van der Waals surface area (Å²) in [7, 11) is 0. The summed E-state index contributed by atoms with van der Waals surface area (Å²) in [6.45, 7) is 2.82. The fraction of sp³-hybridized carbons (Fsp3) is 0.650. The van der Waals surface area contributed by atoms with Gasteiger partial charge in [-0.1, -0.05) is 18.9 Å². The van der Waals surface area contributed by atoms with Gasteiger partial charge in [0.15, 0.2) is 0 Å². The zero-order valence-corrected chi connectivity index (χ0v) is 14.8. The number of amides is 2. The van der Waals surface area contributed by atoms with E-state index >= 15 is 0 Å². The van der Waals surface area contributed by atoms with Gasteiger partial charge in [-0.3, -0.25) is 14.6 Å². The van der Waals surface area contributed by atoms with E-state index in [9.17, 15) is 9.59 Å². The second kappa shape index (κ2) is 6.77. The lowest BCUT2D eigenvalue weighted by atomic mass is 9.78. The molecule has 4 rings (SSSR count). The second-order valence-corrected chi connectivity index (χ2v) is 7.96. The van der Waals surface area contributed by atoms with Gasteiger partial charge >= 0.3 is 0 Å². The molecule has 1 spiro atoms. The monoisotopic (exact) mass is 341 g/mol. The van der Waals surface area contributed by atoms with Crippen LogP contribution in [0, 0.1) is 11.3 Å². The van der Waals surface area contributed by atoms with Crippen LogP contribution in [0.3, 0.4) is 0 Å². The van der Waals surface area contributed by atoms with Crippen LogP contribution in [-0.4, -0.2) is 46.2 Å². The minimum Gasteiger partial charge on any atom is -0.341 e. The molecule has 1 aromatic rings. The van der Waals surface area contributed by atoms with Gasteiger partial charge in [0.25, 0.3) is 0 Å². The maximum absolute atomic E-state index is 13.2. The summed E-state index contributed by atoms with van der Waals surface area (Å²) in [5.41, 5.74) is 0.735. The number of carbonyl (C=O) groups excluding carboxylic acids is 2. The average molecular weight is 341 g/mol. The molecule has 2 amide bonds. The number of aromatic nitrogens is 1. The average Bonchev–Trinajstić information content (AvgIpc) is 3.31. The Morgan fingerprint density at radius 2 is 2.04 bits per heavy atom. The Morgan fingerprint density at radius 1 is 1.20 bits per heavy atom. The molecule has 2 saturated heterocycles. The number of nitrogens with zero attached hydrogens (tertiary/aromatic N) is 3. The molecule has 3 aliphatic rings. The van der Waals surface area contributed by atoms with Gasteiger partial charge in [-0.15, -0.1) is 0 Å².